The number of halogens is 7. The van der Waals surface area contributed by atoms with Gasteiger partial charge in [-0.25, -0.2) is 8.42 Å². The van der Waals surface area contributed by atoms with Crippen LogP contribution in [0.5, 0.6) is 5.75 Å². The summed E-state index contributed by atoms with van der Waals surface area (Å²) in [4.78, 5) is 11.9. The molecule has 0 aliphatic heterocycles. The molecule has 0 aromatic heterocycles. The van der Waals surface area contributed by atoms with Crippen molar-refractivity contribution in [2.24, 2.45) is 0 Å². The van der Waals surface area contributed by atoms with Crippen molar-refractivity contribution >= 4 is 38.9 Å². The summed E-state index contributed by atoms with van der Waals surface area (Å²) in [5, 5.41) is 1.70. The number of anilines is 2. The highest BCUT2D eigenvalue weighted by Gasteiger charge is 2.37. The van der Waals surface area contributed by atoms with Gasteiger partial charge in [0.25, 0.3) is 15.9 Å². The van der Waals surface area contributed by atoms with E-state index in [4.69, 9.17) is 16.3 Å². The molecule has 0 atom stereocenters. The Hall–Kier alpha value is -3.45. The van der Waals surface area contributed by atoms with Crippen LogP contribution in [0.15, 0.2) is 71.6 Å². The molecule has 0 unspecified atom stereocenters. The molecule has 3 aromatic rings. The number of sulfonamides is 1. The highest BCUT2D eigenvalue weighted by atomic mass is 35.5. The molecule has 0 aliphatic rings. The Balaban J connectivity index is 1.70. The van der Waals surface area contributed by atoms with Crippen LogP contribution in [0, 0.1) is 0 Å². The van der Waals surface area contributed by atoms with Gasteiger partial charge in [0.1, 0.15) is 5.75 Å². The second-order valence-electron chi connectivity index (χ2n) is 7.20. The van der Waals surface area contributed by atoms with E-state index in [-0.39, 0.29) is 21.7 Å². The predicted molar refractivity (Wildman–Crippen MR) is 119 cm³/mol. The Morgan fingerprint density at radius 2 is 1.42 bits per heavy atom. The van der Waals surface area contributed by atoms with Gasteiger partial charge in [-0.1, -0.05) is 29.8 Å². The molecule has 3 rings (SSSR count). The van der Waals surface area contributed by atoms with Crippen molar-refractivity contribution in [2.45, 2.75) is 17.2 Å². The molecule has 3 aromatic carbocycles. The first kappa shape index (κ1) is 27.1. The molecule has 6 nitrogen and oxygen atoms in total. The molecule has 0 fully saturated rings. The first-order valence-corrected chi connectivity index (χ1v) is 11.6. The lowest BCUT2D eigenvalue weighted by Gasteiger charge is -2.15. The number of amides is 1. The molecule has 2 N–H and O–H groups in total. The van der Waals surface area contributed by atoms with Gasteiger partial charge in [-0.05, 0) is 48.5 Å². The van der Waals surface area contributed by atoms with Crippen molar-refractivity contribution in [3.05, 3.63) is 82.9 Å². The number of ether oxygens (including phenoxy) is 1. The fraction of sp³-hybridized carbons (Fsp3) is 0.136. The summed E-state index contributed by atoms with van der Waals surface area (Å²) in [6.45, 7) is -0.842. The molecule has 0 heterocycles. The molecule has 0 saturated heterocycles. The van der Waals surface area contributed by atoms with Crippen LogP contribution in [0.25, 0.3) is 0 Å². The van der Waals surface area contributed by atoms with Crippen LogP contribution in [-0.4, -0.2) is 20.9 Å². The van der Waals surface area contributed by atoms with E-state index in [2.05, 4.69) is 4.72 Å². The van der Waals surface area contributed by atoms with Crippen LogP contribution in [-0.2, 0) is 27.2 Å². The first-order chi connectivity index (χ1) is 16.6. The molecule has 0 radical (unpaired) electrons. The zero-order valence-electron chi connectivity index (χ0n) is 17.7. The average molecular weight is 553 g/mol. The number of nitrogens with one attached hydrogen (secondary N) is 2. The van der Waals surface area contributed by atoms with E-state index >= 15 is 0 Å². The minimum atomic E-state index is -5.08. The minimum absolute atomic E-state index is 0.0752. The van der Waals surface area contributed by atoms with Crippen LogP contribution in [0.1, 0.15) is 11.1 Å². The normalized spacial score (nSPS) is 12.2. The fourth-order valence-electron chi connectivity index (χ4n) is 2.85. The van der Waals surface area contributed by atoms with Crippen molar-refractivity contribution < 1.29 is 44.3 Å². The van der Waals surface area contributed by atoms with E-state index in [1.807, 2.05) is 5.32 Å². The Labute approximate surface area is 205 Å². The maximum Gasteiger partial charge on any atom is 0.416 e. The molecule has 0 aliphatic carbocycles. The number of hydrogen-bond donors (Lipinski definition) is 2. The van der Waals surface area contributed by atoms with Crippen molar-refractivity contribution in [3.63, 3.8) is 0 Å². The molecule has 0 saturated carbocycles. The van der Waals surface area contributed by atoms with Crippen LogP contribution in [0.4, 0.5) is 37.7 Å². The standard InChI is InChI=1S/C22H15ClF6N2O4S/c23-18-11-17(36(33,34)31-15-4-2-1-3-5-15)6-7-19(18)35-12-20(32)30-16-9-13(21(24,25)26)8-14(10-16)22(27,28)29/h1-11,31H,12H2,(H,30,32). The zero-order chi connectivity index (χ0) is 26.7. The van der Waals surface area contributed by atoms with Crippen LogP contribution >= 0.6 is 11.6 Å². The summed E-state index contributed by atoms with van der Waals surface area (Å²) >= 11 is 6.03. The number of alkyl halides is 6. The average Bonchev–Trinajstić information content (AvgIpc) is 2.77. The summed E-state index contributed by atoms with van der Waals surface area (Å²) in [5.74, 6) is -1.23. The predicted octanol–water partition coefficient (Wildman–Crippen LogP) is 6.20. The molecule has 0 spiro atoms. The van der Waals surface area contributed by atoms with Gasteiger partial charge in [0.15, 0.2) is 6.61 Å². The minimum Gasteiger partial charge on any atom is -0.482 e. The third-order valence-electron chi connectivity index (χ3n) is 4.47. The third-order valence-corrected chi connectivity index (χ3v) is 6.14. The van der Waals surface area contributed by atoms with Gasteiger partial charge < -0.3 is 10.1 Å². The smallest absolute Gasteiger partial charge is 0.416 e. The SMILES string of the molecule is O=C(COc1ccc(S(=O)(=O)Nc2ccccc2)cc1Cl)Nc1cc(C(F)(F)F)cc(C(F)(F)F)c1. The topological polar surface area (TPSA) is 84.5 Å². The van der Waals surface area contributed by atoms with E-state index in [0.29, 0.717) is 17.8 Å². The third kappa shape index (κ3) is 7.04. The Bertz CT molecular complexity index is 1330. The number of carbonyl (C=O) groups is 1. The number of benzene rings is 3. The first-order valence-electron chi connectivity index (χ1n) is 9.75. The fourth-order valence-corrected chi connectivity index (χ4v) is 4.24. The molecule has 36 heavy (non-hydrogen) atoms. The second-order valence-corrected chi connectivity index (χ2v) is 9.28. The van der Waals surface area contributed by atoms with Gasteiger partial charge in [0.05, 0.1) is 21.0 Å². The van der Waals surface area contributed by atoms with Crippen molar-refractivity contribution in [1.29, 1.82) is 0 Å². The van der Waals surface area contributed by atoms with Gasteiger partial charge in [-0.3, -0.25) is 9.52 Å². The highest BCUT2D eigenvalue weighted by Crippen LogP contribution is 2.37. The van der Waals surface area contributed by atoms with E-state index in [0.717, 1.165) is 18.2 Å². The molecular weight excluding hydrogens is 538 g/mol. The lowest BCUT2D eigenvalue weighted by molar-refractivity contribution is -0.143. The van der Waals surface area contributed by atoms with Gasteiger partial charge in [-0.2, -0.15) is 26.3 Å². The van der Waals surface area contributed by atoms with Gasteiger partial charge >= 0.3 is 12.4 Å². The molecule has 14 heteroatoms. The summed E-state index contributed by atoms with van der Waals surface area (Å²) in [6, 6.07) is 11.9. The Kier molecular flexibility index (Phi) is 7.74. The van der Waals surface area contributed by atoms with Gasteiger partial charge in [0, 0.05) is 11.4 Å². The van der Waals surface area contributed by atoms with Crippen LogP contribution < -0.4 is 14.8 Å². The Morgan fingerprint density at radius 1 is 0.833 bits per heavy atom. The number of para-hydroxylation sites is 1. The molecule has 1 amide bonds. The van der Waals surface area contributed by atoms with E-state index < -0.39 is 51.7 Å². The van der Waals surface area contributed by atoms with Crippen molar-refractivity contribution in [1.82, 2.24) is 0 Å². The van der Waals surface area contributed by atoms with Crippen LogP contribution in [0.3, 0.4) is 0 Å². The quantitative estimate of drug-likeness (QED) is 0.342. The highest BCUT2D eigenvalue weighted by molar-refractivity contribution is 7.92. The lowest BCUT2D eigenvalue weighted by atomic mass is 10.1. The monoisotopic (exact) mass is 552 g/mol. The lowest BCUT2D eigenvalue weighted by Crippen LogP contribution is -2.21. The Morgan fingerprint density at radius 3 is 1.94 bits per heavy atom. The van der Waals surface area contributed by atoms with E-state index in [9.17, 15) is 39.6 Å². The van der Waals surface area contributed by atoms with Gasteiger partial charge in [-0.15, -0.1) is 0 Å². The van der Waals surface area contributed by atoms with Crippen molar-refractivity contribution in [2.75, 3.05) is 16.6 Å². The maximum absolute atomic E-state index is 13.0. The van der Waals surface area contributed by atoms with Crippen LogP contribution in [0.2, 0.25) is 5.02 Å². The summed E-state index contributed by atoms with van der Waals surface area (Å²) in [7, 11) is -4.01. The summed E-state index contributed by atoms with van der Waals surface area (Å²) < 4.78 is 110. The largest absolute Gasteiger partial charge is 0.482 e. The molecular formula is C22H15ClF6N2O4S. The maximum atomic E-state index is 13.0. The number of rotatable bonds is 7. The molecule has 0 bridgehead atoms. The van der Waals surface area contributed by atoms with E-state index in [1.54, 1.807) is 18.2 Å². The van der Waals surface area contributed by atoms with E-state index in [1.165, 1.54) is 12.1 Å². The van der Waals surface area contributed by atoms with Crippen molar-refractivity contribution in [3.8, 4) is 5.75 Å². The van der Waals surface area contributed by atoms with Gasteiger partial charge in [0.2, 0.25) is 0 Å². The number of carbonyl (C=O) groups excluding carboxylic acids is 1. The molecule has 192 valence electrons. The number of hydrogen-bond acceptors (Lipinski definition) is 4. The zero-order valence-corrected chi connectivity index (χ0v) is 19.3. The summed E-state index contributed by atoms with van der Waals surface area (Å²) in [6.07, 6.45) is -10.2. The summed E-state index contributed by atoms with van der Waals surface area (Å²) in [5.41, 5.74) is -3.64. The second kappa shape index (κ2) is 10.3.